The lowest BCUT2D eigenvalue weighted by Gasteiger charge is -2.30. The summed E-state index contributed by atoms with van der Waals surface area (Å²) in [6, 6.07) is 1.58. The van der Waals surface area contributed by atoms with E-state index in [0.29, 0.717) is 0 Å². The van der Waals surface area contributed by atoms with Gasteiger partial charge in [-0.05, 0) is 70.5 Å². The van der Waals surface area contributed by atoms with E-state index in [1.165, 1.54) is 51.7 Å². The number of rotatable bonds is 11. The van der Waals surface area contributed by atoms with Crippen LogP contribution < -0.4 is 5.32 Å². The molecule has 19 heavy (non-hydrogen) atoms. The van der Waals surface area contributed by atoms with E-state index in [4.69, 9.17) is 0 Å². The summed E-state index contributed by atoms with van der Waals surface area (Å²) in [5.41, 5.74) is 0. The molecule has 0 heterocycles. The Bertz CT molecular complexity index is 209. The van der Waals surface area contributed by atoms with Crippen LogP contribution in [-0.2, 0) is 0 Å². The monoisotopic (exact) mass is 268 g/mol. The van der Waals surface area contributed by atoms with E-state index < -0.39 is 0 Å². The minimum atomic E-state index is 0.726. The average Bonchev–Trinajstić information content (AvgIpc) is 3.12. The zero-order chi connectivity index (χ0) is 14.3. The Hall–Kier alpha value is -0.0800. The van der Waals surface area contributed by atoms with Gasteiger partial charge in [0.05, 0.1) is 0 Å². The molecule has 0 aliphatic heterocycles. The van der Waals surface area contributed by atoms with Crippen LogP contribution in [0, 0.1) is 11.8 Å². The van der Waals surface area contributed by atoms with E-state index in [-0.39, 0.29) is 0 Å². The van der Waals surface area contributed by atoms with Crippen molar-refractivity contribution in [3.63, 3.8) is 0 Å². The van der Waals surface area contributed by atoms with Crippen LogP contribution in [0.5, 0.6) is 0 Å². The van der Waals surface area contributed by atoms with Gasteiger partial charge in [-0.3, -0.25) is 0 Å². The normalized spacial score (nSPS) is 17.7. The second-order valence-electron chi connectivity index (χ2n) is 7.27. The summed E-state index contributed by atoms with van der Waals surface area (Å²) in [6.45, 7) is 15.5. The average molecular weight is 268 g/mol. The Balaban J connectivity index is 2.25. The van der Waals surface area contributed by atoms with Crippen LogP contribution in [0.3, 0.4) is 0 Å². The van der Waals surface area contributed by atoms with E-state index in [9.17, 15) is 0 Å². The maximum absolute atomic E-state index is 3.65. The highest BCUT2D eigenvalue weighted by atomic mass is 15.1. The van der Waals surface area contributed by atoms with Gasteiger partial charge >= 0.3 is 0 Å². The third-order valence-corrected chi connectivity index (χ3v) is 4.18. The Kier molecular flexibility index (Phi) is 8.01. The first-order valence-electron chi connectivity index (χ1n) is 8.46. The molecule has 1 saturated carbocycles. The summed E-state index contributed by atoms with van der Waals surface area (Å²) < 4.78 is 0. The molecule has 0 radical (unpaired) electrons. The lowest BCUT2D eigenvalue weighted by atomic mass is 10.1. The molecule has 1 aliphatic carbocycles. The van der Waals surface area contributed by atoms with Crippen molar-refractivity contribution in [2.75, 3.05) is 19.6 Å². The van der Waals surface area contributed by atoms with Gasteiger partial charge in [0.15, 0.2) is 0 Å². The minimum absolute atomic E-state index is 0.726. The topological polar surface area (TPSA) is 15.3 Å². The second-order valence-corrected chi connectivity index (χ2v) is 7.27. The summed E-state index contributed by atoms with van der Waals surface area (Å²) in [5.74, 6) is 1.64. The molecule has 0 saturated heterocycles. The SMILES string of the molecule is CC(C)CCN(CCC(C)C)C(C)CCNC1CC1. The molecule has 0 spiro atoms. The molecule has 1 N–H and O–H groups in total. The summed E-state index contributed by atoms with van der Waals surface area (Å²) in [4.78, 5) is 2.72. The van der Waals surface area contributed by atoms with Crippen LogP contribution in [0.4, 0.5) is 0 Å². The summed E-state index contributed by atoms with van der Waals surface area (Å²) in [5, 5.41) is 3.65. The number of hydrogen-bond donors (Lipinski definition) is 1. The van der Waals surface area contributed by atoms with Gasteiger partial charge in [0.1, 0.15) is 0 Å². The third kappa shape index (κ3) is 8.65. The van der Waals surface area contributed by atoms with Crippen LogP contribution in [0.2, 0.25) is 0 Å². The summed E-state index contributed by atoms with van der Waals surface area (Å²) >= 11 is 0. The van der Waals surface area contributed by atoms with Gasteiger partial charge in [-0.25, -0.2) is 0 Å². The van der Waals surface area contributed by atoms with Gasteiger partial charge < -0.3 is 10.2 Å². The van der Waals surface area contributed by atoms with Gasteiger partial charge in [0.25, 0.3) is 0 Å². The van der Waals surface area contributed by atoms with Crippen molar-refractivity contribution in [3.8, 4) is 0 Å². The van der Waals surface area contributed by atoms with Crippen LogP contribution in [0.1, 0.15) is 66.7 Å². The van der Waals surface area contributed by atoms with E-state index in [1.807, 2.05) is 0 Å². The molecular formula is C17H36N2. The van der Waals surface area contributed by atoms with Crippen LogP contribution in [0.25, 0.3) is 0 Å². The standard InChI is InChI=1S/C17H36N2/c1-14(2)9-12-19(13-10-15(3)4)16(5)8-11-18-17-6-7-17/h14-18H,6-13H2,1-5H3. The van der Waals surface area contributed by atoms with Crippen molar-refractivity contribution < 1.29 is 0 Å². The largest absolute Gasteiger partial charge is 0.314 e. The van der Waals surface area contributed by atoms with Gasteiger partial charge in [0, 0.05) is 12.1 Å². The van der Waals surface area contributed by atoms with E-state index in [0.717, 1.165) is 23.9 Å². The Labute approximate surface area is 121 Å². The molecule has 1 unspecified atom stereocenters. The molecule has 114 valence electrons. The molecule has 1 aliphatic rings. The minimum Gasteiger partial charge on any atom is -0.314 e. The molecule has 0 aromatic carbocycles. The number of nitrogens with one attached hydrogen (secondary N) is 1. The van der Waals surface area contributed by atoms with Crippen LogP contribution in [-0.4, -0.2) is 36.6 Å². The number of hydrogen-bond acceptors (Lipinski definition) is 2. The Morgan fingerprint density at radius 2 is 1.42 bits per heavy atom. The van der Waals surface area contributed by atoms with Crippen molar-refractivity contribution in [1.82, 2.24) is 10.2 Å². The van der Waals surface area contributed by atoms with Crippen molar-refractivity contribution >= 4 is 0 Å². The van der Waals surface area contributed by atoms with E-state index in [2.05, 4.69) is 44.8 Å². The summed E-state index contributed by atoms with van der Waals surface area (Å²) in [7, 11) is 0. The molecule has 0 bridgehead atoms. The van der Waals surface area contributed by atoms with Crippen LogP contribution >= 0.6 is 0 Å². The smallest absolute Gasteiger partial charge is 0.00790 e. The second kappa shape index (κ2) is 8.97. The van der Waals surface area contributed by atoms with E-state index in [1.54, 1.807) is 0 Å². The summed E-state index contributed by atoms with van der Waals surface area (Å²) in [6.07, 6.45) is 6.77. The van der Waals surface area contributed by atoms with Crippen LogP contribution in [0.15, 0.2) is 0 Å². The maximum atomic E-state index is 3.65. The van der Waals surface area contributed by atoms with Gasteiger partial charge in [-0.1, -0.05) is 27.7 Å². The number of nitrogens with zero attached hydrogens (tertiary/aromatic N) is 1. The van der Waals surface area contributed by atoms with Gasteiger partial charge in [0.2, 0.25) is 0 Å². The van der Waals surface area contributed by atoms with Crippen molar-refractivity contribution in [3.05, 3.63) is 0 Å². The van der Waals surface area contributed by atoms with Crippen molar-refractivity contribution in [2.24, 2.45) is 11.8 Å². The lowest BCUT2D eigenvalue weighted by molar-refractivity contribution is 0.179. The molecule has 0 amide bonds. The fourth-order valence-electron chi connectivity index (χ4n) is 2.37. The lowest BCUT2D eigenvalue weighted by Crippen LogP contribution is -2.38. The molecule has 1 fully saturated rings. The van der Waals surface area contributed by atoms with Crippen molar-refractivity contribution in [2.45, 2.75) is 78.8 Å². The fraction of sp³-hybridized carbons (Fsp3) is 1.00. The maximum Gasteiger partial charge on any atom is 0.00790 e. The highest BCUT2D eigenvalue weighted by Crippen LogP contribution is 2.19. The zero-order valence-electron chi connectivity index (χ0n) is 13.9. The first-order chi connectivity index (χ1) is 8.99. The van der Waals surface area contributed by atoms with Gasteiger partial charge in [-0.15, -0.1) is 0 Å². The molecule has 0 aromatic heterocycles. The first-order valence-corrected chi connectivity index (χ1v) is 8.46. The Morgan fingerprint density at radius 3 is 1.84 bits per heavy atom. The first kappa shape index (κ1) is 17.0. The molecule has 0 aromatic rings. The quantitative estimate of drug-likeness (QED) is 0.611. The third-order valence-electron chi connectivity index (χ3n) is 4.18. The molecule has 1 atom stereocenters. The fourth-order valence-corrected chi connectivity index (χ4v) is 2.37. The highest BCUT2D eigenvalue weighted by molar-refractivity contribution is 4.81. The molecule has 2 heteroatoms. The van der Waals surface area contributed by atoms with Gasteiger partial charge in [-0.2, -0.15) is 0 Å². The highest BCUT2D eigenvalue weighted by Gasteiger charge is 2.21. The predicted molar refractivity (Wildman–Crippen MR) is 85.6 cm³/mol. The van der Waals surface area contributed by atoms with Crippen molar-refractivity contribution in [1.29, 1.82) is 0 Å². The Morgan fingerprint density at radius 1 is 0.895 bits per heavy atom. The predicted octanol–water partition coefficient (Wildman–Crippen LogP) is 3.91. The van der Waals surface area contributed by atoms with E-state index >= 15 is 0 Å². The zero-order valence-corrected chi connectivity index (χ0v) is 13.9. The molecule has 2 nitrogen and oxygen atoms in total. The molecular weight excluding hydrogens is 232 g/mol. The molecule has 1 rings (SSSR count).